The van der Waals surface area contributed by atoms with Crippen LogP contribution in [0.3, 0.4) is 0 Å². The van der Waals surface area contributed by atoms with Crippen LogP contribution in [-0.4, -0.2) is 52.7 Å². The molecule has 0 bridgehead atoms. The van der Waals surface area contributed by atoms with Crippen molar-refractivity contribution in [2.45, 2.75) is 57.1 Å². The fraction of sp³-hybridized carbons (Fsp3) is 0.520. The maximum atomic E-state index is 14.8. The number of hydrogen-bond acceptors (Lipinski definition) is 5. The Bertz CT molecular complexity index is 964. The van der Waals surface area contributed by atoms with Crippen molar-refractivity contribution < 1.29 is 19.0 Å². The molecule has 1 amide bonds. The van der Waals surface area contributed by atoms with Gasteiger partial charge in [-0.15, -0.1) is 0 Å². The molecule has 1 saturated carbocycles. The highest BCUT2D eigenvalue weighted by Crippen LogP contribution is 2.43. The van der Waals surface area contributed by atoms with E-state index in [1.54, 1.807) is 30.6 Å². The normalized spacial score (nSPS) is 28.4. The average molecular weight is 440 g/mol. The number of hydrogen-bond donors (Lipinski definition) is 1. The molecule has 1 aliphatic carbocycles. The van der Waals surface area contributed by atoms with Crippen molar-refractivity contribution in [1.82, 2.24) is 9.88 Å². The molecule has 2 aromatic rings. The lowest BCUT2D eigenvalue weighted by atomic mass is 9.78. The van der Waals surface area contributed by atoms with Crippen molar-refractivity contribution in [3.8, 4) is 11.5 Å². The highest BCUT2D eigenvalue weighted by atomic mass is 19.1. The van der Waals surface area contributed by atoms with Crippen LogP contribution in [-0.2, 0) is 4.79 Å². The standard InChI is InChI=1S/C25H30FN3O3/c26-22-15-19(6-9-23(22)32-21-3-1-12-27-16-21)28-13-2-10-25(17-28)11-14-29(24(25)31)18-4-7-20(30)8-5-18/h1,3,6,9,12,15-16,18,20,30H,2,4-5,7-8,10-11,13-14,17H2. The summed E-state index contributed by atoms with van der Waals surface area (Å²) in [5.74, 6) is 0.478. The van der Waals surface area contributed by atoms with Gasteiger partial charge in [0.1, 0.15) is 5.75 Å². The summed E-state index contributed by atoms with van der Waals surface area (Å²) >= 11 is 0. The van der Waals surface area contributed by atoms with Crippen LogP contribution in [0.5, 0.6) is 11.5 Å². The van der Waals surface area contributed by atoms with E-state index in [0.717, 1.165) is 63.7 Å². The predicted octanol–water partition coefficient (Wildman–Crippen LogP) is 4.14. The lowest BCUT2D eigenvalue weighted by Gasteiger charge is -2.41. The number of aliphatic hydroxyl groups excluding tert-OH is 1. The quantitative estimate of drug-likeness (QED) is 0.776. The first kappa shape index (κ1) is 21.2. The number of rotatable bonds is 4. The van der Waals surface area contributed by atoms with Gasteiger partial charge in [-0.3, -0.25) is 9.78 Å². The lowest BCUT2D eigenvalue weighted by molar-refractivity contribution is -0.139. The van der Waals surface area contributed by atoms with E-state index in [1.165, 1.54) is 6.07 Å². The molecule has 0 radical (unpaired) electrons. The average Bonchev–Trinajstić information content (AvgIpc) is 3.12. The number of carbonyl (C=O) groups is 1. The Labute approximate surface area is 188 Å². The number of aromatic nitrogens is 1. The zero-order valence-corrected chi connectivity index (χ0v) is 18.3. The van der Waals surface area contributed by atoms with E-state index in [9.17, 15) is 14.3 Å². The van der Waals surface area contributed by atoms with Crippen LogP contribution in [0, 0.1) is 11.2 Å². The number of likely N-dealkylation sites (tertiary alicyclic amines) is 1. The minimum atomic E-state index is -0.425. The van der Waals surface area contributed by atoms with Crippen molar-refractivity contribution >= 4 is 11.6 Å². The van der Waals surface area contributed by atoms with E-state index >= 15 is 0 Å². The summed E-state index contributed by atoms with van der Waals surface area (Å²) in [7, 11) is 0. The summed E-state index contributed by atoms with van der Waals surface area (Å²) in [5.41, 5.74) is 0.405. The minimum Gasteiger partial charge on any atom is -0.453 e. The third-order valence-electron chi connectivity index (χ3n) is 7.37. The second-order valence-electron chi connectivity index (χ2n) is 9.42. The van der Waals surface area contributed by atoms with Crippen LogP contribution >= 0.6 is 0 Å². The number of amides is 1. The third kappa shape index (κ3) is 4.06. The lowest BCUT2D eigenvalue weighted by Crippen LogP contribution is -2.50. The number of piperidine rings is 1. The molecule has 5 rings (SSSR count). The fourth-order valence-electron chi connectivity index (χ4n) is 5.60. The number of pyridine rings is 1. The van der Waals surface area contributed by atoms with Crippen LogP contribution in [0.4, 0.5) is 10.1 Å². The highest BCUT2D eigenvalue weighted by molar-refractivity contribution is 5.86. The van der Waals surface area contributed by atoms with Crippen LogP contribution < -0.4 is 9.64 Å². The fourth-order valence-corrected chi connectivity index (χ4v) is 5.60. The van der Waals surface area contributed by atoms with Gasteiger partial charge in [-0.05, 0) is 69.2 Å². The van der Waals surface area contributed by atoms with Gasteiger partial charge in [-0.25, -0.2) is 4.39 Å². The smallest absolute Gasteiger partial charge is 0.230 e. The molecule has 2 saturated heterocycles. The van der Waals surface area contributed by atoms with Crippen molar-refractivity contribution in [2.75, 3.05) is 24.5 Å². The number of benzene rings is 1. The van der Waals surface area contributed by atoms with Gasteiger partial charge in [0.15, 0.2) is 11.6 Å². The Morgan fingerprint density at radius 2 is 1.97 bits per heavy atom. The van der Waals surface area contributed by atoms with Crippen LogP contribution in [0.1, 0.15) is 44.9 Å². The second kappa shape index (κ2) is 8.70. The van der Waals surface area contributed by atoms with E-state index in [0.29, 0.717) is 12.3 Å². The number of carbonyl (C=O) groups excluding carboxylic acids is 1. The van der Waals surface area contributed by atoms with E-state index in [-0.39, 0.29) is 29.2 Å². The molecule has 1 aromatic heterocycles. The number of ether oxygens (including phenoxy) is 1. The monoisotopic (exact) mass is 439 g/mol. The Hall–Kier alpha value is -2.67. The Balaban J connectivity index is 1.29. The molecule has 1 atom stereocenters. The SMILES string of the molecule is O=C1N(C2CCC(O)CC2)CCC12CCCN(c1ccc(Oc3cccnc3)c(F)c1)C2. The second-order valence-corrected chi connectivity index (χ2v) is 9.42. The van der Waals surface area contributed by atoms with Gasteiger partial charge in [-0.1, -0.05) is 0 Å². The zero-order valence-electron chi connectivity index (χ0n) is 18.3. The molecule has 32 heavy (non-hydrogen) atoms. The van der Waals surface area contributed by atoms with Crippen LogP contribution in [0.2, 0.25) is 0 Å². The molecule has 170 valence electrons. The Kier molecular flexibility index (Phi) is 5.76. The third-order valence-corrected chi connectivity index (χ3v) is 7.37. The maximum absolute atomic E-state index is 14.8. The van der Waals surface area contributed by atoms with E-state index < -0.39 is 5.82 Å². The van der Waals surface area contributed by atoms with Gasteiger partial charge < -0.3 is 19.6 Å². The Morgan fingerprint density at radius 3 is 2.72 bits per heavy atom. The van der Waals surface area contributed by atoms with E-state index in [1.807, 2.05) is 6.07 Å². The molecule has 2 aliphatic heterocycles. The van der Waals surface area contributed by atoms with Crippen LogP contribution in [0.15, 0.2) is 42.7 Å². The van der Waals surface area contributed by atoms with Gasteiger partial charge in [0, 0.05) is 43.6 Å². The van der Waals surface area contributed by atoms with Crippen molar-refractivity contribution in [2.24, 2.45) is 5.41 Å². The van der Waals surface area contributed by atoms with Crippen molar-refractivity contribution in [3.63, 3.8) is 0 Å². The summed E-state index contributed by atoms with van der Waals surface area (Å²) < 4.78 is 20.4. The number of halogens is 1. The van der Waals surface area contributed by atoms with Gasteiger partial charge >= 0.3 is 0 Å². The molecule has 1 N–H and O–H groups in total. The Morgan fingerprint density at radius 1 is 1.12 bits per heavy atom. The molecular formula is C25H30FN3O3. The van der Waals surface area contributed by atoms with Gasteiger partial charge in [0.05, 0.1) is 17.7 Å². The van der Waals surface area contributed by atoms with Gasteiger partial charge in [-0.2, -0.15) is 0 Å². The van der Waals surface area contributed by atoms with Crippen LogP contribution in [0.25, 0.3) is 0 Å². The predicted molar refractivity (Wildman–Crippen MR) is 119 cm³/mol. The molecule has 7 heteroatoms. The molecule has 3 heterocycles. The number of anilines is 1. The molecule has 1 unspecified atom stereocenters. The summed E-state index contributed by atoms with van der Waals surface area (Å²) in [6.45, 7) is 2.23. The van der Waals surface area contributed by atoms with E-state index in [4.69, 9.17) is 4.74 Å². The van der Waals surface area contributed by atoms with Crippen molar-refractivity contribution in [1.29, 1.82) is 0 Å². The van der Waals surface area contributed by atoms with Gasteiger partial charge in [0.25, 0.3) is 0 Å². The molecule has 6 nitrogen and oxygen atoms in total. The first-order valence-corrected chi connectivity index (χ1v) is 11.7. The first-order valence-electron chi connectivity index (χ1n) is 11.7. The minimum absolute atomic E-state index is 0.163. The van der Waals surface area contributed by atoms with Crippen molar-refractivity contribution in [3.05, 3.63) is 48.5 Å². The summed E-state index contributed by atoms with van der Waals surface area (Å²) in [6, 6.07) is 8.75. The summed E-state index contributed by atoms with van der Waals surface area (Å²) in [4.78, 5) is 21.7. The summed E-state index contributed by atoms with van der Waals surface area (Å²) in [5, 5.41) is 9.81. The molecular weight excluding hydrogens is 409 g/mol. The maximum Gasteiger partial charge on any atom is 0.230 e. The highest BCUT2D eigenvalue weighted by Gasteiger charge is 2.50. The molecule has 1 spiro atoms. The summed E-state index contributed by atoms with van der Waals surface area (Å²) in [6.07, 6.45) is 8.95. The molecule has 3 fully saturated rings. The number of aliphatic hydroxyl groups is 1. The molecule has 1 aromatic carbocycles. The molecule has 3 aliphatic rings. The van der Waals surface area contributed by atoms with E-state index in [2.05, 4.69) is 14.8 Å². The zero-order chi connectivity index (χ0) is 22.1. The topological polar surface area (TPSA) is 65.9 Å². The first-order chi connectivity index (χ1) is 15.5. The van der Waals surface area contributed by atoms with Gasteiger partial charge in [0.2, 0.25) is 5.91 Å². The number of nitrogens with zero attached hydrogens (tertiary/aromatic N) is 3. The largest absolute Gasteiger partial charge is 0.453 e.